The van der Waals surface area contributed by atoms with Gasteiger partial charge in [0.15, 0.2) is 0 Å². The summed E-state index contributed by atoms with van der Waals surface area (Å²) < 4.78 is 0. The van der Waals surface area contributed by atoms with Crippen molar-refractivity contribution in [2.75, 3.05) is 9.80 Å². The van der Waals surface area contributed by atoms with Gasteiger partial charge in [-0.2, -0.15) is 10.5 Å². The van der Waals surface area contributed by atoms with Gasteiger partial charge in [-0.3, -0.25) is 0 Å². The molecule has 0 N–H and O–H groups in total. The predicted molar refractivity (Wildman–Crippen MR) is 309 cm³/mol. The lowest BCUT2D eigenvalue weighted by Gasteiger charge is -2.38. The molecule has 0 heterocycles. The second-order valence-electron chi connectivity index (χ2n) is 18.7. The molecule has 0 amide bonds. The van der Waals surface area contributed by atoms with Gasteiger partial charge in [-0.15, -0.1) is 0 Å². The van der Waals surface area contributed by atoms with Crippen LogP contribution in [0.5, 0.6) is 0 Å². The van der Waals surface area contributed by atoms with Crippen LogP contribution in [0.3, 0.4) is 0 Å². The van der Waals surface area contributed by atoms with Crippen LogP contribution < -0.4 is 9.80 Å². The topological polar surface area (TPSA) is 54.1 Å². The molecule has 0 unspecified atom stereocenters. The van der Waals surface area contributed by atoms with E-state index in [9.17, 15) is 10.5 Å². The molecule has 0 saturated heterocycles. The Labute approximate surface area is 438 Å². The van der Waals surface area contributed by atoms with Crippen LogP contribution >= 0.6 is 0 Å². The van der Waals surface area contributed by atoms with E-state index in [2.05, 4.69) is 289 Å². The first-order valence-electron chi connectivity index (χ1n) is 25.2. The second-order valence-corrected chi connectivity index (χ2v) is 18.7. The molecule has 0 atom stereocenters. The van der Waals surface area contributed by atoms with Gasteiger partial charge in [-0.05, 0) is 140 Å². The van der Waals surface area contributed by atoms with Crippen LogP contribution in [0.1, 0.15) is 33.4 Å². The Bertz CT molecular complexity index is 3670. The Hall–Kier alpha value is -10.3. The minimum atomic E-state index is -0.865. The highest BCUT2D eigenvalue weighted by Gasteiger charge is 2.39. The highest BCUT2D eigenvalue weighted by molar-refractivity contribution is 6.01. The normalized spacial score (nSPS) is 11.2. The van der Waals surface area contributed by atoms with Crippen LogP contribution in [0.2, 0.25) is 0 Å². The van der Waals surface area contributed by atoms with Gasteiger partial charge in [0.25, 0.3) is 0 Å². The molecule has 0 aliphatic rings. The fourth-order valence-electron chi connectivity index (χ4n) is 11.1. The number of para-hydroxylation sites is 4. The molecule has 0 aromatic heterocycles. The SMILES string of the molecule is N#Cc1cccc2cccc(-c3ccc(C(c4ccc(-c5cccc6cccc(C#N)c56)cc4)(c4ccc(N(c5ccccc5)c5ccccc5)cc4)c4ccc(N(c5ccccc5)c5ccccc5)cc4)cc3)c12. The summed E-state index contributed by atoms with van der Waals surface area (Å²) in [6.45, 7) is 0. The van der Waals surface area contributed by atoms with E-state index >= 15 is 0 Å². The van der Waals surface area contributed by atoms with E-state index in [4.69, 9.17) is 0 Å². The summed E-state index contributed by atoms with van der Waals surface area (Å²) in [5, 5.41) is 24.5. The monoisotopic (exact) mass is 956 g/mol. The molecule has 12 rings (SSSR count). The van der Waals surface area contributed by atoms with E-state index in [0.29, 0.717) is 11.1 Å². The van der Waals surface area contributed by atoms with Crippen molar-refractivity contribution in [3.8, 4) is 34.4 Å². The Morgan fingerprint density at radius 3 is 0.813 bits per heavy atom. The number of benzene rings is 12. The van der Waals surface area contributed by atoms with Crippen molar-refractivity contribution in [2.45, 2.75) is 5.41 Å². The average Bonchev–Trinajstić information content (AvgIpc) is 3.50. The number of anilines is 6. The van der Waals surface area contributed by atoms with Gasteiger partial charge >= 0.3 is 0 Å². The van der Waals surface area contributed by atoms with E-state index in [1.807, 2.05) is 24.3 Å². The minimum Gasteiger partial charge on any atom is -0.311 e. The number of fused-ring (bicyclic) bond motifs is 2. The van der Waals surface area contributed by atoms with Gasteiger partial charge in [-0.25, -0.2) is 0 Å². The number of rotatable bonds is 12. The van der Waals surface area contributed by atoms with Gasteiger partial charge in [0, 0.05) is 44.9 Å². The van der Waals surface area contributed by atoms with E-state index in [1.165, 1.54) is 0 Å². The maximum absolute atomic E-state index is 10.3. The van der Waals surface area contributed by atoms with Crippen LogP contribution in [0.15, 0.2) is 291 Å². The zero-order valence-corrected chi connectivity index (χ0v) is 41.0. The Kier molecular flexibility index (Phi) is 12.3. The highest BCUT2D eigenvalue weighted by atomic mass is 15.1. The van der Waals surface area contributed by atoms with Crippen molar-refractivity contribution >= 4 is 55.7 Å². The van der Waals surface area contributed by atoms with Crippen LogP contribution in [0.4, 0.5) is 34.1 Å². The first kappa shape index (κ1) is 45.9. The first-order chi connectivity index (χ1) is 37.1. The third-order valence-corrected chi connectivity index (χ3v) is 14.5. The van der Waals surface area contributed by atoms with Crippen molar-refractivity contribution in [2.24, 2.45) is 0 Å². The van der Waals surface area contributed by atoms with E-state index in [1.54, 1.807) is 0 Å². The summed E-state index contributed by atoms with van der Waals surface area (Å²) >= 11 is 0. The largest absolute Gasteiger partial charge is 0.311 e. The van der Waals surface area contributed by atoms with Gasteiger partial charge in [0.1, 0.15) is 0 Å². The van der Waals surface area contributed by atoms with E-state index in [0.717, 1.165) is 100 Å². The molecule has 352 valence electrons. The van der Waals surface area contributed by atoms with Crippen molar-refractivity contribution in [3.05, 3.63) is 325 Å². The molecule has 12 aromatic rings. The van der Waals surface area contributed by atoms with Crippen molar-refractivity contribution in [1.82, 2.24) is 0 Å². The fourth-order valence-corrected chi connectivity index (χ4v) is 11.1. The van der Waals surface area contributed by atoms with Crippen LogP contribution in [0.25, 0.3) is 43.8 Å². The summed E-state index contributed by atoms with van der Waals surface area (Å²) in [6.07, 6.45) is 0. The quantitative estimate of drug-likeness (QED) is 0.115. The Balaban J connectivity index is 1.10. The number of nitriles is 2. The third-order valence-electron chi connectivity index (χ3n) is 14.5. The third kappa shape index (κ3) is 8.43. The summed E-state index contributed by atoms with van der Waals surface area (Å²) in [7, 11) is 0. The first-order valence-corrected chi connectivity index (χ1v) is 25.2. The smallest absolute Gasteiger partial charge is 0.0998 e. The maximum atomic E-state index is 10.3. The number of nitrogens with zero attached hydrogens (tertiary/aromatic N) is 4. The van der Waals surface area contributed by atoms with Crippen LogP contribution in [-0.2, 0) is 5.41 Å². The molecule has 0 radical (unpaired) electrons. The Morgan fingerprint density at radius 2 is 0.520 bits per heavy atom. The zero-order valence-electron chi connectivity index (χ0n) is 41.0. The highest BCUT2D eigenvalue weighted by Crippen LogP contribution is 2.49. The van der Waals surface area contributed by atoms with Crippen LogP contribution in [0, 0.1) is 22.7 Å². The lowest BCUT2D eigenvalue weighted by molar-refractivity contribution is 0.745. The number of hydrogen-bond donors (Lipinski definition) is 0. The van der Waals surface area contributed by atoms with Gasteiger partial charge in [0.2, 0.25) is 0 Å². The molecular weight excluding hydrogens is 909 g/mol. The fraction of sp³-hybridized carbons (Fsp3) is 0.0141. The number of hydrogen-bond acceptors (Lipinski definition) is 4. The van der Waals surface area contributed by atoms with E-state index in [-0.39, 0.29) is 0 Å². The summed E-state index contributed by atoms with van der Waals surface area (Å²) in [5.41, 5.74) is 15.1. The average molecular weight is 957 g/mol. The lowest BCUT2D eigenvalue weighted by Crippen LogP contribution is -2.31. The molecule has 12 aromatic carbocycles. The van der Waals surface area contributed by atoms with E-state index < -0.39 is 5.41 Å². The molecule has 0 bridgehead atoms. The second kappa shape index (κ2) is 20.1. The standard InChI is InChI=1S/C71H48N4/c72-49-55-21-13-17-53-19-15-31-67(69(53)55)51-33-37-57(38-34-51)71(58-39-35-52(36-40-58)68-32-16-20-54-18-14-22-56(50-73)70(54)68,59-41-45-65(46-42-59)74(61-23-5-1-6-24-61)62-25-7-2-8-26-62)60-43-47-66(48-44-60)75(63-27-9-3-10-28-63)64-29-11-4-12-30-64/h1-48H. The van der Waals surface area contributed by atoms with Crippen LogP contribution in [-0.4, -0.2) is 0 Å². The molecule has 4 nitrogen and oxygen atoms in total. The minimum absolute atomic E-state index is 0.648. The zero-order chi connectivity index (χ0) is 50.6. The molecule has 0 saturated carbocycles. The summed E-state index contributed by atoms with van der Waals surface area (Å²) in [4.78, 5) is 4.59. The molecule has 0 aliphatic heterocycles. The maximum Gasteiger partial charge on any atom is 0.0998 e. The molecule has 75 heavy (non-hydrogen) atoms. The molecule has 0 fully saturated rings. The predicted octanol–water partition coefficient (Wildman–Crippen LogP) is 18.4. The molecule has 0 aliphatic carbocycles. The lowest BCUT2D eigenvalue weighted by atomic mass is 9.64. The van der Waals surface area contributed by atoms with Gasteiger partial charge < -0.3 is 9.80 Å². The van der Waals surface area contributed by atoms with Gasteiger partial charge in [0.05, 0.1) is 28.7 Å². The molecular formula is C71H48N4. The van der Waals surface area contributed by atoms with Gasteiger partial charge in [-0.1, -0.05) is 206 Å². The van der Waals surface area contributed by atoms with Crippen molar-refractivity contribution in [3.63, 3.8) is 0 Å². The summed E-state index contributed by atoms with van der Waals surface area (Å²) in [5.74, 6) is 0. The van der Waals surface area contributed by atoms with Crippen molar-refractivity contribution < 1.29 is 0 Å². The molecule has 4 heteroatoms. The summed E-state index contributed by atoms with van der Waals surface area (Å²) in [6, 6.07) is 107. The van der Waals surface area contributed by atoms with Crippen molar-refractivity contribution in [1.29, 1.82) is 10.5 Å². The Morgan fingerprint density at radius 1 is 0.253 bits per heavy atom. The molecule has 0 spiro atoms.